The molecule has 0 amide bonds. The van der Waals surface area contributed by atoms with E-state index in [1.807, 2.05) is 12.1 Å². The second kappa shape index (κ2) is 5.10. The Labute approximate surface area is 125 Å². The van der Waals surface area contributed by atoms with Crippen LogP contribution in [-0.4, -0.2) is 12.3 Å². The lowest BCUT2D eigenvalue weighted by atomic mass is 9.82. The first-order valence-corrected chi connectivity index (χ1v) is 7.46. The van der Waals surface area contributed by atoms with E-state index in [2.05, 4.69) is 25.1 Å². The molecule has 2 N–H and O–H groups in total. The molecule has 4 nitrogen and oxygen atoms in total. The number of hydrogen-bond acceptors (Lipinski definition) is 4. The minimum Gasteiger partial charge on any atom is -0.496 e. The molecule has 4 heteroatoms. The molecule has 3 rings (SSSR count). The van der Waals surface area contributed by atoms with Crippen LogP contribution in [0.1, 0.15) is 43.9 Å². The minimum absolute atomic E-state index is 0.0225. The third kappa shape index (κ3) is 2.28. The molecule has 0 aliphatic heterocycles. The van der Waals surface area contributed by atoms with Crippen LogP contribution in [0.2, 0.25) is 0 Å². The summed E-state index contributed by atoms with van der Waals surface area (Å²) in [6.07, 6.45) is 4.68. The van der Waals surface area contributed by atoms with Crippen LogP contribution in [0.4, 0.5) is 5.82 Å². The van der Waals surface area contributed by atoms with Gasteiger partial charge in [-0.2, -0.15) is 0 Å². The lowest BCUT2D eigenvalue weighted by Gasteiger charge is -2.22. The molecule has 1 aromatic carbocycles. The van der Waals surface area contributed by atoms with Crippen molar-refractivity contribution in [3.63, 3.8) is 0 Å². The van der Waals surface area contributed by atoms with Crippen molar-refractivity contribution < 1.29 is 9.26 Å². The predicted octanol–water partition coefficient (Wildman–Crippen LogP) is 4.07. The Hall–Kier alpha value is -1.97. The highest BCUT2D eigenvalue weighted by atomic mass is 16.5. The third-order valence-corrected chi connectivity index (χ3v) is 4.60. The summed E-state index contributed by atoms with van der Waals surface area (Å²) >= 11 is 0. The van der Waals surface area contributed by atoms with Gasteiger partial charge in [0, 0.05) is 11.0 Å². The zero-order chi connectivity index (χ0) is 15.0. The zero-order valence-electron chi connectivity index (χ0n) is 12.9. The van der Waals surface area contributed by atoms with Gasteiger partial charge in [0.25, 0.3) is 0 Å². The van der Waals surface area contributed by atoms with Gasteiger partial charge in [-0.1, -0.05) is 36.6 Å². The molecule has 0 atom stereocenters. The summed E-state index contributed by atoms with van der Waals surface area (Å²) < 4.78 is 11.2. The van der Waals surface area contributed by atoms with Crippen LogP contribution in [0.15, 0.2) is 22.7 Å². The Kier molecular flexibility index (Phi) is 3.40. The molecule has 0 saturated heterocycles. The molecule has 1 fully saturated rings. The van der Waals surface area contributed by atoms with Crippen molar-refractivity contribution in [1.29, 1.82) is 0 Å². The molecule has 112 valence electrons. The van der Waals surface area contributed by atoms with Gasteiger partial charge in [-0.05, 0) is 31.9 Å². The van der Waals surface area contributed by atoms with Gasteiger partial charge in [0.1, 0.15) is 5.75 Å². The number of nitrogen functional groups attached to an aromatic ring is 1. The summed E-state index contributed by atoms with van der Waals surface area (Å²) in [6, 6.07) is 6.09. The van der Waals surface area contributed by atoms with Gasteiger partial charge < -0.3 is 15.0 Å². The SMILES string of the molecule is COc1ccc(C)cc1-c1c(N)noc1C1(C)CCCC1. The normalized spacial score (nSPS) is 17.1. The number of rotatable bonds is 3. The van der Waals surface area contributed by atoms with E-state index in [1.54, 1.807) is 7.11 Å². The van der Waals surface area contributed by atoms with E-state index in [4.69, 9.17) is 15.0 Å². The van der Waals surface area contributed by atoms with Gasteiger partial charge in [0.05, 0.1) is 12.7 Å². The number of nitrogens with zero attached hydrogens (tertiary/aromatic N) is 1. The van der Waals surface area contributed by atoms with Gasteiger partial charge >= 0.3 is 0 Å². The molecule has 1 heterocycles. The number of anilines is 1. The quantitative estimate of drug-likeness (QED) is 0.923. The molecule has 1 saturated carbocycles. The first-order valence-electron chi connectivity index (χ1n) is 7.46. The maximum absolute atomic E-state index is 6.11. The fourth-order valence-corrected chi connectivity index (χ4v) is 3.37. The van der Waals surface area contributed by atoms with Crippen molar-refractivity contribution in [3.05, 3.63) is 29.5 Å². The zero-order valence-corrected chi connectivity index (χ0v) is 12.9. The summed E-state index contributed by atoms with van der Waals surface area (Å²) in [5.74, 6) is 2.15. The Bertz CT molecular complexity index is 655. The van der Waals surface area contributed by atoms with Crippen LogP contribution in [0.25, 0.3) is 11.1 Å². The Morgan fingerprint density at radius 1 is 1.29 bits per heavy atom. The molecule has 0 bridgehead atoms. The molecule has 1 aliphatic rings. The van der Waals surface area contributed by atoms with Crippen molar-refractivity contribution in [1.82, 2.24) is 5.16 Å². The molecule has 1 aromatic heterocycles. The summed E-state index contributed by atoms with van der Waals surface area (Å²) in [5.41, 5.74) is 9.17. The van der Waals surface area contributed by atoms with Crippen molar-refractivity contribution in [2.24, 2.45) is 0 Å². The second-order valence-electron chi connectivity index (χ2n) is 6.24. The second-order valence-corrected chi connectivity index (χ2v) is 6.24. The van der Waals surface area contributed by atoms with Crippen LogP contribution in [0.3, 0.4) is 0 Å². The Morgan fingerprint density at radius 3 is 2.67 bits per heavy atom. The summed E-state index contributed by atoms with van der Waals surface area (Å²) in [5, 5.41) is 4.04. The van der Waals surface area contributed by atoms with E-state index in [0.29, 0.717) is 5.82 Å². The van der Waals surface area contributed by atoms with Crippen molar-refractivity contribution in [2.45, 2.75) is 44.9 Å². The summed E-state index contributed by atoms with van der Waals surface area (Å²) in [6.45, 7) is 4.30. The average molecular weight is 286 g/mol. The van der Waals surface area contributed by atoms with Crippen LogP contribution in [0, 0.1) is 6.92 Å². The summed E-state index contributed by atoms with van der Waals surface area (Å²) in [4.78, 5) is 0. The number of benzene rings is 1. The molecular formula is C17H22N2O2. The van der Waals surface area contributed by atoms with Crippen molar-refractivity contribution in [3.8, 4) is 16.9 Å². The van der Waals surface area contributed by atoms with Gasteiger partial charge in [0.2, 0.25) is 0 Å². The molecule has 0 radical (unpaired) electrons. The number of ether oxygens (including phenoxy) is 1. The van der Waals surface area contributed by atoms with E-state index in [1.165, 1.54) is 12.8 Å². The molecule has 0 spiro atoms. The lowest BCUT2D eigenvalue weighted by Crippen LogP contribution is -2.17. The highest BCUT2D eigenvalue weighted by molar-refractivity contribution is 5.81. The summed E-state index contributed by atoms with van der Waals surface area (Å²) in [7, 11) is 1.68. The van der Waals surface area contributed by atoms with Crippen LogP contribution in [0.5, 0.6) is 5.75 Å². The van der Waals surface area contributed by atoms with Gasteiger partial charge in [-0.15, -0.1) is 0 Å². The first kappa shape index (κ1) is 14.0. The predicted molar refractivity (Wildman–Crippen MR) is 83.5 cm³/mol. The maximum atomic E-state index is 6.11. The first-order chi connectivity index (χ1) is 10.0. The highest BCUT2D eigenvalue weighted by Crippen LogP contribution is 2.48. The largest absolute Gasteiger partial charge is 0.496 e. The Balaban J connectivity index is 2.19. The lowest BCUT2D eigenvalue weighted by molar-refractivity contribution is 0.307. The standard InChI is InChI=1S/C17H22N2O2/c1-11-6-7-13(20-3)12(10-11)14-15(21-19-16(14)18)17(2)8-4-5-9-17/h6-7,10H,4-5,8-9H2,1-3H3,(H2,18,19). The van der Waals surface area contributed by atoms with Crippen LogP contribution >= 0.6 is 0 Å². The minimum atomic E-state index is 0.0225. The fraction of sp³-hybridized carbons (Fsp3) is 0.471. The molecule has 1 aliphatic carbocycles. The van der Waals surface area contributed by atoms with Crippen molar-refractivity contribution >= 4 is 5.82 Å². The fourth-order valence-electron chi connectivity index (χ4n) is 3.37. The van der Waals surface area contributed by atoms with Crippen LogP contribution < -0.4 is 10.5 Å². The van der Waals surface area contributed by atoms with Crippen molar-refractivity contribution in [2.75, 3.05) is 12.8 Å². The number of hydrogen-bond donors (Lipinski definition) is 1. The maximum Gasteiger partial charge on any atom is 0.175 e. The van der Waals surface area contributed by atoms with E-state index in [9.17, 15) is 0 Å². The molecule has 21 heavy (non-hydrogen) atoms. The Morgan fingerprint density at radius 2 is 2.00 bits per heavy atom. The number of methoxy groups -OCH3 is 1. The number of nitrogens with two attached hydrogens (primary N) is 1. The van der Waals surface area contributed by atoms with E-state index in [-0.39, 0.29) is 5.41 Å². The monoisotopic (exact) mass is 286 g/mol. The number of aryl methyl sites for hydroxylation is 1. The molecule has 0 unspecified atom stereocenters. The molecule has 2 aromatic rings. The topological polar surface area (TPSA) is 61.3 Å². The van der Waals surface area contributed by atoms with E-state index in [0.717, 1.165) is 41.0 Å². The third-order valence-electron chi connectivity index (χ3n) is 4.60. The van der Waals surface area contributed by atoms with Gasteiger partial charge in [-0.25, -0.2) is 0 Å². The highest BCUT2D eigenvalue weighted by Gasteiger charge is 2.38. The van der Waals surface area contributed by atoms with Gasteiger partial charge in [0.15, 0.2) is 11.6 Å². The molecular weight excluding hydrogens is 264 g/mol. The van der Waals surface area contributed by atoms with Gasteiger partial charge in [-0.3, -0.25) is 0 Å². The van der Waals surface area contributed by atoms with E-state index < -0.39 is 0 Å². The number of aromatic nitrogens is 1. The average Bonchev–Trinajstić information content (AvgIpc) is 3.06. The van der Waals surface area contributed by atoms with E-state index >= 15 is 0 Å². The van der Waals surface area contributed by atoms with Crippen LogP contribution in [-0.2, 0) is 5.41 Å². The smallest absolute Gasteiger partial charge is 0.175 e.